The van der Waals surface area contributed by atoms with Gasteiger partial charge in [0.1, 0.15) is 6.04 Å². The minimum Gasteiger partial charge on any atom is -0.464 e. The zero-order chi connectivity index (χ0) is 12.2. The molecule has 5 heteroatoms. The molecule has 16 heavy (non-hydrogen) atoms. The average molecular weight is 231 g/mol. The van der Waals surface area contributed by atoms with Gasteiger partial charge in [-0.3, -0.25) is 4.79 Å². The number of aliphatic hydroxyl groups is 1. The fourth-order valence-electron chi connectivity index (χ4n) is 1.50. The minimum atomic E-state index is -0.437. The van der Waals surface area contributed by atoms with Crippen LogP contribution >= 0.6 is 0 Å². The van der Waals surface area contributed by atoms with E-state index in [9.17, 15) is 9.90 Å². The molecule has 1 aliphatic rings. The molecule has 0 aliphatic carbocycles. The van der Waals surface area contributed by atoms with Crippen molar-refractivity contribution >= 4 is 5.97 Å². The van der Waals surface area contributed by atoms with Gasteiger partial charge in [0.2, 0.25) is 0 Å². The summed E-state index contributed by atoms with van der Waals surface area (Å²) in [6, 6.07) is -0.361. The van der Waals surface area contributed by atoms with Crippen molar-refractivity contribution < 1.29 is 19.4 Å². The number of carbonyl (C=O) groups excluding carboxylic acids is 1. The Morgan fingerprint density at radius 2 is 2.25 bits per heavy atom. The summed E-state index contributed by atoms with van der Waals surface area (Å²) in [6.07, 6.45) is 0.657. The van der Waals surface area contributed by atoms with Gasteiger partial charge >= 0.3 is 5.97 Å². The van der Waals surface area contributed by atoms with Crippen LogP contribution in [0, 0.1) is 0 Å². The van der Waals surface area contributed by atoms with E-state index in [1.807, 2.05) is 13.8 Å². The van der Waals surface area contributed by atoms with E-state index in [-0.39, 0.29) is 17.6 Å². The number of ether oxygens (including phenoxy) is 2. The molecule has 0 saturated carbocycles. The zero-order valence-corrected chi connectivity index (χ0v) is 10.2. The molecule has 1 rings (SSSR count). The standard InChI is InChI=1S/C11H21NO4/c1-11(2,15-3)4-5-16-10(14)9-6-8(13)7-12-9/h8-9,12-13H,4-7H2,1-3H3/t8-,9-/m1/s1. The van der Waals surface area contributed by atoms with Crippen molar-refractivity contribution in [1.29, 1.82) is 0 Å². The molecule has 0 spiro atoms. The van der Waals surface area contributed by atoms with E-state index in [0.29, 0.717) is 26.0 Å². The van der Waals surface area contributed by atoms with Crippen molar-refractivity contribution in [3.8, 4) is 0 Å². The predicted octanol–water partition coefficient (Wildman–Crippen LogP) is 0.0675. The third-order valence-electron chi connectivity index (χ3n) is 2.89. The Hall–Kier alpha value is -0.650. The Balaban J connectivity index is 2.20. The van der Waals surface area contributed by atoms with Crippen LogP contribution in [-0.2, 0) is 14.3 Å². The molecule has 2 atom stereocenters. The highest BCUT2D eigenvalue weighted by molar-refractivity contribution is 5.76. The van der Waals surface area contributed by atoms with E-state index in [2.05, 4.69) is 5.32 Å². The lowest BCUT2D eigenvalue weighted by Gasteiger charge is -2.22. The molecule has 5 nitrogen and oxygen atoms in total. The molecule has 1 heterocycles. The van der Waals surface area contributed by atoms with E-state index in [1.54, 1.807) is 7.11 Å². The highest BCUT2D eigenvalue weighted by atomic mass is 16.5. The number of aliphatic hydroxyl groups excluding tert-OH is 1. The minimum absolute atomic E-state index is 0.275. The Labute approximate surface area is 96.1 Å². The van der Waals surface area contributed by atoms with Crippen LogP contribution in [-0.4, -0.2) is 49.1 Å². The summed E-state index contributed by atoms with van der Waals surface area (Å²) in [6.45, 7) is 4.69. The van der Waals surface area contributed by atoms with Gasteiger partial charge in [0.05, 0.1) is 18.3 Å². The van der Waals surface area contributed by atoms with Gasteiger partial charge in [-0.1, -0.05) is 0 Å². The highest BCUT2D eigenvalue weighted by Gasteiger charge is 2.29. The molecule has 0 unspecified atom stereocenters. The van der Waals surface area contributed by atoms with Crippen molar-refractivity contribution in [1.82, 2.24) is 5.32 Å². The molecule has 0 amide bonds. The smallest absolute Gasteiger partial charge is 0.323 e. The number of methoxy groups -OCH3 is 1. The van der Waals surface area contributed by atoms with Crippen LogP contribution in [0.25, 0.3) is 0 Å². The van der Waals surface area contributed by atoms with E-state index >= 15 is 0 Å². The van der Waals surface area contributed by atoms with Gasteiger partial charge < -0.3 is 19.9 Å². The van der Waals surface area contributed by atoms with Gasteiger partial charge in [-0.2, -0.15) is 0 Å². The monoisotopic (exact) mass is 231 g/mol. The summed E-state index contributed by atoms with van der Waals surface area (Å²) in [5.41, 5.74) is -0.275. The Morgan fingerprint density at radius 3 is 2.75 bits per heavy atom. The summed E-state index contributed by atoms with van der Waals surface area (Å²) < 4.78 is 10.3. The van der Waals surface area contributed by atoms with Crippen LogP contribution in [0.5, 0.6) is 0 Å². The van der Waals surface area contributed by atoms with Crippen LogP contribution in [0.2, 0.25) is 0 Å². The quantitative estimate of drug-likeness (QED) is 0.655. The molecular weight excluding hydrogens is 210 g/mol. The molecule has 0 aromatic heterocycles. The van der Waals surface area contributed by atoms with E-state index < -0.39 is 6.10 Å². The summed E-state index contributed by atoms with van der Waals surface area (Å²) >= 11 is 0. The molecule has 0 aromatic rings. The Bertz CT molecular complexity index is 242. The van der Waals surface area contributed by atoms with Crippen LogP contribution in [0.3, 0.4) is 0 Å². The first kappa shape index (κ1) is 13.4. The number of hydrogen-bond acceptors (Lipinski definition) is 5. The van der Waals surface area contributed by atoms with Gasteiger partial charge in [0.15, 0.2) is 0 Å². The van der Waals surface area contributed by atoms with Gasteiger partial charge in [0, 0.05) is 26.5 Å². The summed E-state index contributed by atoms with van der Waals surface area (Å²) in [7, 11) is 1.64. The highest BCUT2D eigenvalue weighted by Crippen LogP contribution is 2.13. The lowest BCUT2D eigenvalue weighted by atomic mass is 10.1. The first-order valence-electron chi connectivity index (χ1n) is 5.58. The Kier molecular flexibility index (Phi) is 4.70. The fourth-order valence-corrected chi connectivity index (χ4v) is 1.50. The SMILES string of the molecule is COC(C)(C)CCOC(=O)[C@H]1C[C@@H](O)CN1. The third-order valence-corrected chi connectivity index (χ3v) is 2.89. The lowest BCUT2D eigenvalue weighted by Crippen LogP contribution is -2.34. The number of β-amino-alcohol motifs (C(OH)–C–C–N with tert-alkyl or cyclic N) is 1. The molecule has 1 aliphatic heterocycles. The van der Waals surface area contributed by atoms with Crippen LogP contribution in [0.4, 0.5) is 0 Å². The summed E-state index contributed by atoms with van der Waals surface area (Å²) in [4.78, 5) is 11.5. The van der Waals surface area contributed by atoms with Crippen LogP contribution in [0.15, 0.2) is 0 Å². The van der Waals surface area contributed by atoms with Crippen molar-refractivity contribution in [3.05, 3.63) is 0 Å². The van der Waals surface area contributed by atoms with Crippen molar-refractivity contribution in [2.24, 2.45) is 0 Å². The summed E-state index contributed by atoms with van der Waals surface area (Å²) in [5.74, 6) is -0.288. The van der Waals surface area contributed by atoms with Crippen molar-refractivity contribution in [2.45, 2.75) is 44.4 Å². The number of rotatable bonds is 5. The predicted molar refractivity (Wildman–Crippen MR) is 59.1 cm³/mol. The maximum atomic E-state index is 11.5. The molecule has 0 radical (unpaired) electrons. The normalized spacial score (nSPS) is 25.8. The maximum absolute atomic E-state index is 11.5. The van der Waals surface area contributed by atoms with E-state index in [4.69, 9.17) is 9.47 Å². The molecule has 1 fully saturated rings. The molecular formula is C11H21NO4. The number of hydrogen-bond donors (Lipinski definition) is 2. The average Bonchev–Trinajstić information content (AvgIpc) is 2.64. The zero-order valence-electron chi connectivity index (χ0n) is 10.2. The number of nitrogens with one attached hydrogen (secondary N) is 1. The van der Waals surface area contributed by atoms with E-state index in [1.165, 1.54) is 0 Å². The largest absolute Gasteiger partial charge is 0.464 e. The van der Waals surface area contributed by atoms with E-state index in [0.717, 1.165) is 0 Å². The summed E-state index contributed by atoms with van der Waals surface area (Å²) in [5, 5.41) is 12.2. The molecule has 94 valence electrons. The van der Waals surface area contributed by atoms with Crippen molar-refractivity contribution in [3.63, 3.8) is 0 Å². The third kappa shape index (κ3) is 4.08. The fraction of sp³-hybridized carbons (Fsp3) is 0.909. The van der Waals surface area contributed by atoms with Gasteiger partial charge in [-0.05, 0) is 13.8 Å². The molecule has 0 bridgehead atoms. The maximum Gasteiger partial charge on any atom is 0.323 e. The number of esters is 1. The second-order valence-electron chi connectivity index (χ2n) is 4.73. The molecule has 1 saturated heterocycles. The molecule has 2 N–H and O–H groups in total. The number of carbonyl (C=O) groups is 1. The topological polar surface area (TPSA) is 67.8 Å². The van der Waals surface area contributed by atoms with Crippen molar-refractivity contribution in [2.75, 3.05) is 20.3 Å². The van der Waals surface area contributed by atoms with Crippen LogP contribution in [0.1, 0.15) is 26.7 Å². The second-order valence-corrected chi connectivity index (χ2v) is 4.73. The first-order chi connectivity index (χ1) is 7.44. The lowest BCUT2D eigenvalue weighted by molar-refractivity contribution is -0.147. The van der Waals surface area contributed by atoms with Gasteiger partial charge in [0.25, 0.3) is 0 Å². The second kappa shape index (κ2) is 5.61. The molecule has 0 aromatic carbocycles. The Morgan fingerprint density at radius 1 is 1.56 bits per heavy atom. The first-order valence-corrected chi connectivity index (χ1v) is 5.58. The van der Waals surface area contributed by atoms with Crippen LogP contribution < -0.4 is 5.32 Å². The van der Waals surface area contributed by atoms with Gasteiger partial charge in [-0.25, -0.2) is 0 Å². The van der Waals surface area contributed by atoms with Gasteiger partial charge in [-0.15, -0.1) is 0 Å².